The minimum Gasteiger partial charge on any atom is -0.492 e. The minimum absolute atomic E-state index is 0.360. The van der Waals surface area contributed by atoms with E-state index in [1.54, 1.807) is 0 Å². The summed E-state index contributed by atoms with van der Waals surface area (Å²) >= 11 is 4.05. The molecular formula is C10H15NO5S. The summed E-state index contributed by atoms with van der Waals surface area (Å²) in [4.78, 5) is 16.3. The van der Waals surface area contributed by atoms with E-state index in [0.29, 0.717) is 24.4 Å². The van der Waals surface area contributed by atoms with Crippen molar-refractivity contribution < 1.29 is 24.6 Å². The van der Waals surface area contributed by atoms with Crippen LogP contribution >= 0.6 is 12.6 Å². The number of hydrogen-bond acceptors (Lipinski definition) is 6. The molecule has 0 bridgehead atoms. The second-order valence-electron chi connectivity index (χ2n) is 3.26. The summed E-state index contributed by atoms with van der Waals surface area (Å²) in [6.07, 6.45) is 0.387. The van der Waals surface area contributed by atoms with Crippen LogP contribution in [0.3, 0.4) is 0 Å². The first kappa shape index (κ1) is 13.7. The van der Waals surface area contributed by atoms with Crippen molar-refractivity contribution in [1.82, 2.24) is 4.73 Å². The Bertz CT molecular complexity index is 359. The average molecular weight is 261 g/mol. The molecule has 6 nitrogen and oxygen atoms in total. The standard InChI is InChI=1S/C10H15NO5S/c1-2-15-6-5-7(17)10(14)16-11-8(12)3-4-9(11)13/h3-4,7,12-13,17H,2,5-6H2,1H3. The number of carbonyl (C=O) groups excluding carboxylic acids is 1. The largest absolute Gasteiger partial charge is 0.492 e. The van der Waals surface area contributed by atoms with Gasteiger partial charge in [-0.2, -0.15) is 12.6 Å². The highest BCUT2D eigenvalue weighted by atomic mass is 32.1. The van der Waals surface area contributed by atoms with Crippen LogP contribution in [0.1, 0.15) is 13.3 Å². The van der Waals surface area contributed by atoms with Crippen molar-refractivity contribution in [1.29, 1.82) is 0 Å². The lowest BCUT2D eigenvalue weighted by Crippen LogP contribution is -2.28. The Labute approximate surface area is 104 Å². The zero-order valence-electron chi connectivity index (χ0n) is 9.37. The smallest absolute Gasteiger partial charge is 0.345 e. The lowest BCUT2D eigenvalue weighted by atomic mass is 10.3. The van der Waals surface area contributed by atoms with E-state index < -0.39 is 11.2 Å². The maximum atomic E-state index is 11.5. The summed E-state index contributed by atoms with van der Waals surface area (Å²) in [5.41, 5.74) is 0. The van der Waals surface area contributed by atoms with Gasteiger partial charge in [0.25, 0.3) is 0 Å². The van der Waals surface area contributed by atoms with Crippen molar-refractivity contribution in [3.63, 3.8) is 0 Å². The van der Waals surface area contributed by atoms with Crippen molar-refractivity contribution >= 4 is 18.6 Å². The number of aromatic nitrogens is 1. The van der Waals surface area contributed by atoms with Crippen molar-refractivity contribution in [3.05, 3.63) is 12.1 Å². The maximum absolute atomic E-state index is 11.5. The SMILES string of the molecule is CCOCCC(S)C(=O)On1c(O)ccc1O. The van der Waals surface area contributed by atoms with Gasteiger partial charge in [-0.3, -0.25) is 0 Å². The van der Waals surface area contributed by atoms with Gasteiger partial charge in [-0.05, 0) is 13.3 Å². The number of thiol groups is 1. The van der Waals surface area contributed by atoms with Gasteiger partial charge in [-0.15, -0.1) is 4.73 Å². The molecule has 0 aliphatic rings. The van der Waals surface area contributed by atoms with Crippen molar-refractivity contribution in [3.8, 4) is 11.8 Å². The molecule has 0 radical (unpaired) electrons. The van der Waals surface area contributed by atoms with Gasteiger partial charge in [0.1, 0.15) is 5.25 Å². The first-order chi connectivity index (χ1) is 8.06. The molecule has 1 heterocycles. The Kier molecular flexibility index (Phi) is 5.17. The third-order valence-electron chi connectivity index (χ3n) is 1.99. The molecule has 1 aromatic rings. The molecule has 0 saturated heterocycles. The highest BCUT2D eigenvalue weighted by molar-refractivity contribution is 7.81. The molecule has 1 aromatic heterocycles. The summed E-state index contributed by atoms with van der Waals surface area (Å²) in [5, 5.41) is 17.8. The summed E-state index contributed by atoms with van der Waals surface area (Å²) in [6, 6.07) is 2.41. The van der Waals surface area contributed by atoms with Crippen LogP contribution in [0.2, 0.25) is 0 Å². The molecule has 96 valence electrons. The van der Waals surface area contributed by atoms with Gasteiger partial charge in [-0.25, -0.2) is 4.79 Å². The predicted octanol–water partition coefficient (Wildman–Crippen LogP) is 0.579. The van der Waals surface area contributed by atoms with Crippen LogP contribution in [0.4, 0.5) is 0 Å². The van der Waals surface area contributed by atoms with E-state index in [-0.39, 0.29) is 11.8 Å². The van der Waals surface area contributed by atoms with Crippen molar-refractivity contribution in [2.24, 2.45) is 0 Å². The number of rotatable bonds is 6. The topological polar surface area (TPSA) is 80.9 Å². The number of aromatic hydroxyl groups is 2. The second kappa shape index (κ2) is 6.41. The lowest BCUT2D eigenvalue weighted by Gasteiger charge is -2.11. The van der Waals surface area contributed by atoms with E-state index in [9.17, 15) is 15.0 Å². The fraction of sp³-hybridized carbons (Fsp3) is 0.500. The minimum atomic E-state index is -0.678. The monoisotopic (exact) mass is 261 g/mol. The van der Waals surface area contributed by atoms with Gasteiger partial charge in [-0.1, -0.05) is 0 Å². The van der Waals surface area contributed by atoms with Crippen LogP contribution < -0.4 is 4.84 Å². The number of carbonyl (C=O) groups is 1. The van der Waals surface area contributed by atoms with Crippen LogP contribution in [0.15, 0.2) is 12.1 Å². The third kappa shape index (κ3) is 3.86. The Morgan fingerprint density at radius 2 is 2.06 bits per heavy atom. The molecule has 0 aromatic carbocycles. The Morgan fingerprint density at radius 3 is 2.59 bits per heavy atom. The normalized spacial score (nSPS) is 12.4. The van der Waals surface area contributed by atoms with E-state index in [2.05, 4.69) is 12.6 Å². The Hall–Kier alpha value is -1.34. The average Bonchev–Trinajstić information content (AvgIpc) is 2.61. The van der Waals surface area contributed by atoms with E-state index in [1.807, 2.05) is 6.92 Å². The highest BCUT2D eigenvalue weighted by Gasteiger charge is 2.19. The Morgan fingerprint density at radius 1 is 1.47 bits per heavy atom. The number of nitrogens with zero attached hydrogens (tertiary/aromatic N) is 1. The van der Waals surface area contributed by atoms with Crippen LogP contribution in [0.5, 0.6) is 11.8 Å². The molecule has 0 amide bonds. The van der Waals surface area contributed by atoms with E-state index in [1.165, 1.54) is 12.1 Å². The quantitative estimate of drug-likeness (QED) is 0.515. The first-order valence-electron chi connectivity index (χ1n) is 5.14. The van der Waals surface area contributed by atoms with Gasteiger partial charge < -0.3 is 19.8 Å². The van der Waals surface area contributed by atoms with Crippen LogP contribution in [0, 0.1) is 0 Å². The first-order valence-corrected chi connectivity index (χ1v) is 5.65. The zero-order chi connectivity index (χ0) is 12.8. The number of hydrogen-bond donors (Lipinski definition) is 3. The molecule has 1 rings (SSSR count). The van der Waals surface area contributed by atoms with Gasteiger partial charge in [0.05, 0.1) is 0 Å². The van der Waals surface area contributed by atoms with E-state index in [0.717, 1.165) is 0 Å². The summed E-state index contributed by atoms with van der Waals surface area (Å²) in [6.45, 7) is 2.81. The molecular weight excluding hydrogens is 246 g/mol. The molecule has 0 aliphatic heterocycles. The van der Waals surface area contributed by atoms with Crippen molar-refractivity contribution in [2.45, 2.75) is 18.6 Å². The van der Waals surface area contributed by atoms with Gasteiger partial charge in [0.2, 0.25) is 11.8 Å². The predicted molar refractivity (Wildman–Crippen MR) is 63.2 cm³/mol. The molecule has 17 heavy (non-hydrogen) atoms. The Balaban J connectivity index is 2.48. The summed E-state index contributed by atoms with van der Waals surface area (Å²) in [7, 11) is 0. The molecule has 1 atom stereocenters. The molecule has 0 fully saturated rings. The van der Waals surface area contributed by atoms with Gasteiger partial charge >= 0.3 is 5.97 Å². The third-order valence-corrected chi connectivity index (χ3v) is 2.46. The summed E-state index contributed by atoms with van der Waals surface area (Å²) < 4.78 is 5.71. The molecule has 0 saturated carbocycles. The zero-order valence-corrected chi connectivity index (χ0v) is 10.3. The maximum Gasteiger partial charge on any atom is 0.345 e. The van der Waals surface area contributed by atoms with E-state index >= 15 is 0 Å². The molecule has 1 unspecified atom stereocenters. The van der Waals surface area contributed by atoms with Crippen LogP contribution in [-0.2, 0) is 9.53 Å². The van der Waals surface area contributed by atoms with Crippen LogP contribution in [0.25, 0.3) is 0 Å². The highest BCUT2D eigenvalue weighted by Crippen LogP contribution is 2.19. The molecule has 2 N–H and O–H groups in total. The van der Waals surface area contributed by atoms with Gasteiger partial charge in [0, 0.05) is 25.3 Å². The number of ether oxygens (including phenoxy) is 1. The van der Waals surface area contributed by atoms with Crippen molar-refractivity contribution in [2.75, 3.05) is 13.2 Å². The summed E-state index contributed by atoms with van der Waals surface area (Å²) in [5.74, 6) is -1.39. The molecule has 7 heteroatoms. The fourth-order valence-corrected chi connectivity index (χ4v) is 1.26. The second-order valence-corrected chi connectivity index (χ2v) is 3.88. The molecule has 0 aliphatic carbocycles. The lowest BCUT2D eigenvalue weighted by molar-refractivity contribution is -0.145. The van der Waals surface area contributed by atoms with Crippen LogP contribution in [-0.4, -0.2) is 39.4 Å². The fourth-order valence-electron chi connectivity index (χ4n) is 1.10. The molecule has 0 spiro atoms. The van der Waals surface area contributed by atoms with E-state index in [4.69, 9.17) is 9.57 Å². The van der Waals surface area contributed by atoms with Gasteiger partial charge in [0.15, 0.2) is 0 Å².